The van der Waals surface area contributed by atoms with Gasteiger partial charge >= 0.3 is 0 Å². The molecule has 2 aromatic carbocycles. The Morgan fingerprint density at radius 3 is 1.46 bits per heavy atom. The maximum Gasteiger partial charge on any atom is 0.119 e. The van der Waals surface area contributed by atoms with Crippen molar-refractivity contribution in [2.24, 2.45) is 0 Å². The van der Waals surface area contributed by atoms with E-state index in [0.717, 1.165) is 11.1 Å². The van der Waals surface area contributed by atoms with E-state index in [2.05, 4.69) is 4.74 Å². The van der Waals surface area contributed by atoms with Crippen molar-refractivity contribution in [3.05, 3.63) is 59.7 Å². The number of hydrogen-bond donors (Lipinski definition) is 4. The van der Waals surface area contributed by atoms with Crippen LogP contribution >= 0.6 is 0 Å². The minimum absolute atomic E-state index is 0.0278. The van der Waals surface area contributed by atoms with Gasteiger partial charge in [-0.2, -0.15) is 0 Å². The number of ether oxygens (including phenoxy) is 1. The predicted molar refractivity (Wildman–Crippen MR) is 93.3 cm³/mol. The largest absolute Gasteiger partial charge is 0.508 e. The maximum atomic E-state index is 9.92. The predicted octanol–water partition coefficient (Wildman–Crippen LogP) is 2.41. The highest BCUT2D eigenvalue weighted by Crippen LogP contribution is 2.39. The van der Waals surface area contributed by atoms with E-state index in [1.807, 2.05) is 38.1 Å². The van der Waals surface area contributed by atoms with E-state index in [-0.39, 0.29) is 24.7 Å². The molecule has 0 amide bonds. The average molecular weight is 334 g/mol. The molecule has 2 aromatic rings. The lowest BCUT2D eigenvalue weighted by Crippen LogP contribution is -2.19. The molecule has 0 atom stereocenters. The normalized spacial score (nSPS) is 10.8. The zero-order valence-corrected chi connectivity index (χ0v) is 14.1. The van der Waals surface area contributed by atoms with E-state index < -0.39 is 5.41 Å². The molecule has 132 valence electrons. The number of rotatable bonds is 6. The van der Waals surface area contributed by atoms with E-state index in [4.69, 9.17) is 10.2 Å². The molecule has 0 aliphatic carbocycles. The summed E-state index contributed by atoms with van der Waals surface area (Å²) in [4.78, 5) is 0. The molecule has 0 aromatic heterocycles. The zero-order chi connectivity index (χ0) is 18.0. The van der Waals surface area contributed by atoms with Crippen LogP contribution in [0.3, 0.4) is 0 Å². The van der Waals surface area contributed by atoms with Crippen LogP contribution < -0.4 is 0 Å². The SMILES string of the molecule is CC(C)(c1ccccc1O)c1ccccc1O.OCCOCCO. The van der Waals surface area contributed by atoms with Gasteiger partial charge in [-0.15, -0.1) is 0 Å². The van der Waals surface area contributed by atoms with Crippen molar-refractivity contribution < 1.29 is 25.2 Å². The lowest BCUT2D eigenvalue weighted by Gasteiger charge is -2.27. The molecule has 5 nitrogen and oxygen atoms in total. The number of aliphatic hydroxyl groups is 2. The lowest BCUT2D eigenvalue weighted by molar-refractivity contribution is 0.0650. The summed E-state index contributed by atoms with van der Waals surface area (Å²) >= 11 is 0. The molecule has 24 heavy (non-hydrogen) atoms. The van der Waals surface area contributed by atoms with E-state index in [1.54, 1.807) is 24.3 Å². The standard InChI is InChI=1S/C15H16O2.C4H10O3/c1-15(2,11-7-3-5-9-13(11)16)12-8-4-6-10-14(12)17;5-1-3-7-4-2-6/h3-10,16-17H,1-2H3;5-6H,1-4H2. The van der Waals surface area contributed by atoms with Gasteiger partial charge in [-0.05, 0) is 12.1 Å². The summed E-state index contributed by atoms with van der Waals surface area (Å²) in [6.45, 7) is 4.66. The van der Waals surface area contributed by atoms with Crippen LogP contribution in [0.1, 0.15) is 25.0 Å². The molecular weight excluding hydrogens is 308 g/mol. The molecule has 0 aliphatic heterocycles. The zero-order valence-electron chi connectivity index (χ0n) is 14.1. The Hall–Kier alpha value is -2.08. The Labute approximate surface area is 142 Å². The summed E-state index contributed by atoms with van der Waals surface area (Å²) in [6, 6.07) is 14.4. The Bertz CT molecular complexity index is 559. The number of hydrogen-bond acceptors (Lipinski definition) is 5. The fourth-order valence-electron chi connectivity index (χ4n) is 2.38. The highest BCUT2D eigenvalue weighted by molar-refractivity contribution is 5.49. The van der Waals surface area contributed by atoms with Crippen molar-refractivity contribution in [2.45, 2.75) is 19.3 Å². The van der Waals surface area contributed by atoms with Crippen molar-refractivity contribution in [1.82, 2.24) is 0 Å². The minimum atomic E-state index is -0.434. The van der Waals surface area contributed by atoms with Crippen molar-refractivity contribution >= 4 is 0 Å². The molecule has 0 heterocycles. The first kappa shape index (κ1) is 20.0. The Kier molecular flexibility index (Phi) is 8.26. The molecule has 0 saturated heterocycles. The first-order chi connectivity index (χ1) is 11.4. The molecule has 4 N–H and O–H groups in total. The van der Waals surface area contributed by atoms with Crippen molar-refractivity contribution in [2.75, 3.05) is 26.4 Å². The number of phenolic OH excluding ortho intramolecular Hbond substituents is 2. The number of phenols is 2. The van der Waals surface area contributed by atoms with Gasteiger partial charge in [0.15, 0.2) is 0 Å². The van der Waals surface area contributed by atoms with Gasteiger partial charge in [0.1, 0.15) is 11.5 Å². The number of benzene rings is 2. The maximum absolute atomic E-state index is 9.92. The van der Waals surface area contributed by atoms with Gasteiger partial charge in [-0.25, -0.2) is 0 Å². The third-order valence-electron chi connectivity index (χ3n) is 3.63. The molecule has 0 saturated carbocycles. The van der Waals surface area contributed by atoms with E-state index in [9.17, 15) is 10.2 Å². The minimum Gasteiger partial charge on any atom is -0.508 e. The molecule has 0 spiro atoms. The van der Waals surface area contributed by atoms with Crippen LogP contribution in [0, 0.1) is 0 Å². The highest BCUT2D eigenvalue weighted by Gasteiger charge is 2.28. The van der Waals surface area contributed by atoms with Gasteiger partial charge in [-0.3, -0.25) is 0 Å². The second-order valence-corrected chi connectivity index (χ2v) is 5.72. The molecule has 0 aliphatic rings. The lowest BCUT2D eigenvalue weighted by atomic mass is 9.77. The quantitative estimate of drug-likeness (QED) is 0.609. The molecule has 5 heteroatoms. The van der Waals surface area contributed by atoms with Crippen molar-refractivity contribution in [3.63, 3.8) is 0 Å². The summed E-state index contributed by atoms with van der Waals surface area (Å²) in [7, 11) is 0. The molecule has 0 fully saturated rings. The molecule has 0 radical (unpaired) electrons. The van der Waals surface area contributed by atoms with Crippen molar-refractivity contribution in [3.8, 4) is 11.5 Å². The summed E-state index contributed by atoms with van der Waals surface area (Å²) in [5, 5.41) is 36.0. The van der Waals surface area contributed by atoms with E-state index >= 15 is 0 Å². The van der Waals surface area contributed by atoms with Crippen LogP contribution in [0.4, 0.5) is 0 Å². The fraction of sp³-hybridized carbons (Fsp3) is 0.368. The second kappa shape index (κ2) is 9.93. The van der Waals surface area contributed by atoms with E-state index in [0.29, 0.717) is 13.2 Å². The highest BCUT2D eigenvalue weighted by atomic mass is 16.5. The molecule has 2 rings (SSSR count). The van der Waals surface area contributed by atoms with Crippen molar-refractivity contribution in [1.29, 1.82) is 0 Å². The third kappa shape index (κ3) is 5.53. The Balaban J connectivity index is 0.000000351. The molecule has 0 unspecified atom stereocenters. The van der Waals surface area contributed by atoms with E-state index in [1.165, 1.54) is 0 Å². The van der Waals surface area contributed by atoms with Crippen LogP contribution in [-0.2, 0) is 10.2 Å². The summed E-state index contributed by atoms with van der Waals surface area (Å²) < 4.78 is 4.63. The van der Waals surface area contributed by atoms with Gasteiger partial charge in [0.25, 0.3) is 0 Å². The number of para-hydroxylation sites is 2. The van der Waals surface area contributed by atoms with Crippen LogP contribution in [0.2, 0.25) is 0 Å². The fourth-order valence-corrected chi connectivity index (χ4v) is 2.38. The van der Waals surface area contributed by atoms with Crippen LogP contribution in [-0.4, -0.2) is 46.9 Å². The smallest absolute Gasteiger partial charge is 0.119 e. The third-order valence-corrected chi connectivity index (χ3v) is 3.63. The van der Waals surface area contributed by atoms with Gasteiger partial charge in [-0.1, -0.05) is 50.2 Å². The van der Waals surface area contributed by atoms with Gasteiger partial charge in [0.2, 0.25) is 0 Å². The Morgan fingerprint density at radius 2 is 1.12 bits per heavy atom. The molecule has 0 bridgehead atoms. The summed E-state index contributed by atoms with van der Waals surface area (Å²) in [5.41, 5.74) is 1.18. The second-order valence-electron chi connectivity index (χ2n) is 5.72. The topological polar surface area (TPSA) is 90.2 Å². The summed E-state index contributed by atoms with van der Waals surface area (Å²) in [6.07, 6.45) is 0. The molecular formula is C19H26O5. The van der Waals surface area contributed by atoms with Crippen LogP contribution in [0.5, 0.6) is 11.5 Å². The average Bonchev–Trinajstić information content (AvgIpc) is 2.56. The van der Waals surface area contributed by atoms with Gasteiger partial charge in [0, 0.05) is 16.5 Å². The monoisotopic (exact) mass is 334 g/mol. The summed E-state index contributed by atoms with van der Waals surface area (Å²) in [5.74, 6) is 0.501. The van der Waals surface area contributed by atoms with Crippen LogP contribution in [0.15, 0.2) is 48.5 Å². The number of aromatic hydroxyl groups is 2. The van der Waals surface area contributed by atoms with Gasteiger partial charge in [0.05, 0.1) is 26.4 Å². The Morgan fingerprint density at radius 1 is 0.750 bits per heavy atom. The first-order valence-electron chi connectivity index (χ1n) is 7.81. The first-order valence-corrected chi connectivity index (χ1v) is 7.81. The van der Waals surface area contributed by atoms with Crippen LogP contribution in [0.25, 0.3) is 0 Å². The van der Waals surface area contributed by atoms with Gasteiger partial charge < -0.3 is 25.2 Å². The number of aliphatic hydroxyl groups excluding tert-OH is 2.